The van der Waals surface area contributed by atoms with Crippen molar-refractivity contribution in [1.82, 2.24) is 5.01 Å². The summed E-state index contributed by atoms with van der Waals surface area (Å²) >= 11 is -1.73. The summed E-state index contributed by atoms with van der Waals surface area (Å²) in [4.78, 5) is 10.4. The minimum Gasteiger partial charge on any atom is -0.606 e. The van der Waals surface area contributed by atoms with Gasteiger partial charge in [0.2, 0.25) is 0 Å². The topological polar surface area (TPSA) is 135 Å². The molecule has 1 N–H and O–H groups in total. The van der Waals surface area contributed by atoms with E-state index >= 15 is 0 Å². The van der Waals surface area contributed by atoms with Gasteiger partial charge in [-0.25, -0.2) is 0 Å². The van der Waals surface area contributed by atoms with Crippen molar-refractivity contribution in [3.63, 3.8) is 0 Å². The second kappa shape index (κ2) is 7.70. The second-order valence-corrected chi connectivity index (χ2v) is 7.87. The van der Waals surface area contributed by atoms with E-state index < -0.39 is 31.9 Å². The molecule has 11 heteroatoms. The summed E-state index contributed by atoms with van der Waals surface area (Å²) in [6.45, 7) is 0. The van der Waals surface area contributed by atoms with Crippen molar-refractivity contribution in [1.29, 1.82) is 0 Å². The molecule has 0 saturated carbocycles. The molecule has 2 aromatic rings. The maximum Gasteiger partial charge on any atom is 0.296 e. The van der Waals surface area contributed by atoms with Gasteiger partial charge in [-0.1, -0.05) is 5.22 Å². The number of nitroso groups, excluding NO2 is 1. The van der Waals surface area contributed by atoms with Crippen molar-refractivity contribution in [2.24, 2.45) is 15.5 Å². The van der Waals surface area contributed by atoms with Crippen LogP contribution in [0.4, 0.5) is 11.4 Å². The first kappa shape index (κ1) is 19.0. The maximum atomic E-state index is 12.6. The Kier molecular flexibility index (Phi) is 5.85. The molecule has 9 nitrogen and oxygen atoms in total. The van der Waals surface area contributed by atoms with Crippen LogP contribution in [0.1, 0.15) is 0 Å². The largest absolute Gasteiger partial charge is 0.606 e. The summed E-state index contributed by atoms with van der Waals surface area (Å²) in [7, 11) is -1.23. The van der Waals surface area contributed by atoms with Crippen LogP contribution < -0.4 is 0 Å². The lowest BCUT2D eigenvalue weighted by atomic mass is 10.3. The van der Waals surface area contributed by atoms with Gasteiger partial charge in [-0.15, -0.1) is 10.0 Å². The number of benzene rings is 2. The molecule has 0 heterocycles. The summed E-state index contributed by atoms with van der Waals surface area (Å²) in [6.07, 6.45) is 0. The standard InChI is InChI=1S/C14H14N4O5S2/c1-18(2)17-15-10-3-5-11(6-4-10)24(20)12-7-8-13(16-19)14(9-12)25(21,22)23/h3-9H,1-2H3,(H,21,22,23)/b17-15+. The first-order valence-electron chi connectivity index (χ1n) is 6.78. The Morgan fingerprint density at radius 2 is 1.68 bits per heavy atom. The van der Waals surface area contributed by atoms with Crippen LogP contribution in [0.3, 0.4) is 0 Å². The Morgan fingerprint density at radius 3 is 2.20 bits per heavy atom. The molecule has 0 amide bonds. The van der Waals surface area contributed by atoms with E-state index in [-0.39, 0.29) is 4.90 Å². The molecular formula is C14H14N4O5S2. The Morgan fingerprint density at radius 1 is 1.08 bits per heavy atom. The third-order valence-electron chi connectivity index (χ3n) is 2.91. The van der Waals surface area contributed by atoms with Gasteiger partial charge < -0.3 is 4.55 Å². The Balaban J connectivity index is 2.34. The summed E-state index contributed by atoms with van der Waals surface area (Å²) in [5.74, 6) is 0. The lowest BCUT2D eigenvalue weighted by molar-refractivity contribution is 0.408. The molecule has 0 radical (unpaired) electrons. The summed E-state index contributed by atoms with van der Waals surface area (Å²) in [5.41, 5.74) is 0.0938. The predicted octanol–water partition coefficient (Wildman–Crippen LogP) is 3.06. The molecule has 2 aromatic carbocycles. The number of hydrogen-bond donors (Lipinski definition) is 1. The van der Waals surface area contributed by atoms with Gasteiger partial charge in [0, 0.05) is 31.3 Å². The van der Waals surface area contributed by atoms with Crippen molar-refractivity contribution >= 4 is 32.7 Å². The van der Waals surface area contributed by atoms with Gasteiger partial charge in [-0.3, -0.25) is 9.56 Å². The highest BCUT2D eigenvalue weighted by molar-refractivity contribution is 7.91. The quantitative estimate of drug-likeness (QED) is 0.268. The molecule has 0 fully saturated rings. The van der Waals surface area contributed by atoms with E-state index in [4.69, 9.17) is 4.55 Å². The molecule has 0 aromatic heterocycles. The Labute approximate surface area is 147 Å². The molecule has 0 aliphatic carbocycles. The van der Waals surface area contributed by atoms with Crippen LogP contribution in [0.5, 0.6) is 0 Å². The Hall–Kier alpha value is -2.34. The molecule has 132 valence electrons. The SMILES string of the molecule is CN(C)/N=N/c1ccc([S+]([O-])c2ccc(N=O)c(S(=O)(=O)O)c2)cc1. The van der Waals surface area contributed by atoms with Crippen molar-refractivity contribution in [3.8, 4) is 0 Å². The van der Waals surface area contributed by atoms with Crippen LogP contribution >= 0.6 is 0 Å². The van der Waals surface area contributed by atoms with Crippen LogP contribution in [0.2, 0.25) is 0 Å². The van der Waals surface area contributed by atoms with Crippen LogP contribution in [0.25, 0.3) is 0 Å². The van der Waals surface area contributed by atoms with E-state index in [1.165, 1.54) is 11.1 Å². The summed E-state index contributed by atoms with van der Waals surface area (Å²) in [6, 6.07) is 9.67. The maximum absolute atomic E-state index is 12.6. The minimum absolute atomic E-state index is 0.0997. The van der Waals surface area contributed by atoms with Gasteiger partial charge in [-0.2, -0.15) is 8.42 Å². The monoisotopic (exact) mass is 382 g/mol. The van der Waals surface area contributed by atoms with E-state index in [1.807, 2.05) is 0 Å². The van der Waals surface area contributed by atoms with Gasteiger partial charge in [-0.05, 0) is 41.6 Å². The predicted molar refractivity (Wildman–Crippen MR) is 91.0 cm³/mol. The van der Waals surface area contributed by atoms with Gasteiger partial charge in [0.1, 0.15) is 10.6 Å². The third-order valence-corrected chi connectivity index (χ3v) is 5.18. The van der Waals surface area contributed by atoms with Crippen LogP contribution in [-0.2, 0) is 21.3 Å². The van der Waals surface area contributed by atoms with Gasteiger partial charge in [0.15, 0.2) is 9.79 Å². The Bertz CT molecular complexity index is 898. The highest BCUT2D eigenvalue weighted by Gasteiger charge is 2.22. The molecule has 0 spiro atoms. The molecule has 1 atom stereocenters. The molecule has 0 saturated heterocycles. The smallest absolute Gasteiger partial charge is 0.296 e. The fraction of sp³-hybridized carbons (Fsp3) is 0.143. The average Bonchev–Trinajstić information content (AvgIpc) is 2.58. The third kappa shape index (κ3) is 4.82. The zero-order chi connectivity index (χ0) is 18.6. The van der Waals surface area contributed by atoms with Crippen molar-refractivity contribution in [2.45, 2.75) is 14.7 Å². The lowest BCUT2D eigenvalue weighted by Gasteiger charge is -2.11. The molecule has 1 unspecified atom stereocenters. The van der Waals surface area contributed by atoms with Crippen molar-refractivity contribution in [3.05, 3.63) is 47.4 Å². The molecule has 25 heavy (non-hydrogen) atoms. The summed E-state index contributed by atoms with van der Waals surface area (Å²) in [5, 5.41) is 11.8. The summed E-state index contributed by atoms with van der Waals surface area (Å²) < 4.78 is 44.4. The van der Waals surface area contributed by atoms with E-state index in [0.29, 0.717) is 10.6 Å². The zero-order valence-corrected chi connectivity index (χ0v) is 14.9. The van der Waals surface area contributed by atoms with Crippen LogP contribution in [0.15, 0.2) is 72.7 Å². The van der Waals surface area contributed by atoms with Gasteiger partial charge in [0.25, 0.3) is 10.1 Å². The van der Waals surface area contributed by atoms with Gasteiger partial charge in [0.05, 0.1) is 5.69 Å². The fourth-order valence-electron chi connectivity index (χ4n) is 1.81. The number of hydrogen-bond acceptors (Lipinski definition) is 7. The zero-order valence-electron chi connectivity index (χ0n) is 13.2. The van der Waals surface area contributed by atoms with Crippen LogP contribution in [-0.4, -0.2) is 36.6 Å². The molecule has 0 aliphatic rings. The first-order chi connectivity index (χ1) is 11.7. The highest BCUT2D eigenvalue weighted by Crippen LogP contribution is 2.30. The second-order valence-electron chi connectivity index (χ2n) is 5.00. The minimum atomic E-state index is -4.67. The van der Waals surface area contributed by atoms with Crippen LogP contribution in [0, 0.1) is 4.91 Å². The van der Waals surface area contributed by atoms with E-state index in [1.54, 1.807) is 38.4 Å². The molecular weight excluding hydrogens is 368 g/mol. The fourth-order valence-corrected chi connectivity index (χ4v) is 3.60. The normalized spacial score (nSPS) is 13.0. The van der Waals surface area contributed by atoms with Crippen molar-refractivity contribution < 1.29 is 17.5 Å². The lowest BCUT2D eigenvalue weighted by Crippen LogP contribution is -2.05. The molecule has 0 aliphatic heterocycles. The average molecular weight is 382 g/mol. The first-order valence-corrected chi connectivity index (χ1v) is 9.37. The molecule has 2 rings (SSSR count). The number of nitrogens with zero attached hydrogens (tertiary/aromatic N) is 4. The highest BCUT2D eigenvalue weighted by atomic mass is 32.2. The van der Waals surface area contributed by atoms with Crippen molar-refractivity contribution in [2.75, 3.05) is 14.1 Å². The van der Waals surface area contributed by atoms with E-state index in [9.17, 15) is 17.9 Å². The van der Waals surface area contributed by atoms with E-state index in [0.717, 1.165) is 12.1 Å². The number of rotatable bonds is 6. The molecule has 0 bridgehead atoms. The van der Waals surface area contributed by atoms with Gasteiger partial charge >= 0.3 is 0 Å². The van der Waals surface area contributed by atoms with E-state index in [2.05, 4.69) is 15.5 Å².